The van der Waals surface area contributed by atoms with E-state index in [-0.39, 0.29) is 11.1 Å². The zero-order valence-electron chi connectivity index (χ0n) is 8.50. The summed E-state index contributed by atoms with van der Waals surface area (Å²) in [6, 6.07) is 2.56. The molecule has 0 aromatic heterocycles. The first-order valence-electron chi connectivity index (χ1n) is 4.24. The van der Waals surface area contributed by atoms with Gasteiger partial charge in [-0.2, -0.15) is 0 Å². The van der Waals surface area contributed by atoms with Gasteiger partial charge in [-0.05, 0) is 24.6 Å². The maximum Gasteiger partial charge on any atom is 0.335 e. The third-order valence-electron chi connectivity index (χ3n) is 2.06. The molecule has 0 heterocycles. The minimum Gasteiger partial charge on any atom is -0.496 e. The summed E-state index contributed by atoms with van der Waals surface area (Å²) in [5.41, 5.74) is 0.368. The summed E-state index contributed by atoms with van der Waals surface area (Å²) >= 11 is 0. The lowest BCUT2D eigenvalue weighted by Crippen LogP contribution is -2.02. The lowest BCUT2D eigenvalue weighted by atomic mass is 10.0. The number of hydrogen-bond acceptors (Lipinski definition) is 2. The highest BCUT2D eigenvalue weighted by molar-refractivity contribution is 6.15. The summed E-state index contributed by atoms with van der Waals surface area (Å²) in [7, 11) is 1.39. The van der Waals surface area contributed by atoms with E-state index in [2.05, 4.69) is 6.58 Å². The predicted molar refractivity (Wildman–Crippen MR) is 54.4 cm³/mol. The number of carboxylic acids is 1. The molecule has 0 spiro atoms. The second-order valence-electron chi connectivity index (χ2n) is 3.09. The van der Waals surface area contributed by atoms with Gasteiger partial charge in [0, 0.05) is 5.56 Å². The number of carboxylic acid groups (broad SMARTS) is 1. The first-order chi connectivity index (χ1) is 6.97. The Morgan fingerprint density at radius 2 is 2.13 bits per heavy atom. The van der Waals surface area contributed by atoms with Gasteiger partial charge < -0.3 is 9.84 Å². The number of aryl methyl sites for hydroxylation is 1. The molecule has 3 nitrogen and oxygen atoms in total. The summed E-state index contributed by atoms with van der Waals surface area (Å²) in [4.78, 5) is 10.7. The lowest BCUT2D eigenvalue weighted by Gasteiger charge is -2.09. The highest BCUT2D eigenvalue weighted by atomic mass is 19.1. The van der Waals surface area contributed by atoms with Gasteiger partial charge in [0.2, 0.25) is 0 Å². The molecule has 0 saturated heterocycles. The molecule has 1 N–H and O–H groups in total. The Labute approximate surface area is 86.8 Å². The molecule has 0 aliphatic carbocycles. The molecule has 1 rings (SSSR count). The Morgan fingerprint density at radius 3 is 2.60 bits per heavy atom. The molecule has 0 radical (unpaired) electrons. The van der Waals surface area contributed by atoms with E-state index in [0.29, 0.717) is 11.3 Å². The van der Waals surface area contributed by atoms with Crippen molar-refractivity contribution >= 4 is 11.5 Å². The van der Waals surface area contributed by atoms with E-state index in [1.807, 2.05) is 0 Å². The average molecular weight is 210 g/mol. The highest BCUT2D eigenvalue weighted by Gasteiger charge is 2.15. The van der Waals surface area contributed by atoms with Crippen LogP contribution in [0.25, 0.3) is 5.57 Å². The second-order valence-corrected chi connectivity index (χ2v) is 3.09. The molecule has 1 aromatic rings. The van der Waals surface area contributed by atoms with Crippen LogP contribution in [0.4, 0.5) is 4.39 Å². The third-order valence-corrected chi connectivity index (χ3v) is 2.06. The van der Waals surface area contributed by atoms with Crippen molar-refractivity contribution in [3.63, 3.8) is 0 Å². The molecule has 80 valence electrons. The maximum atomic E-state index is 13.2. The van der Waals surface area contributed by atoms with E-state index in [4.69, 9.17) is 9.84 Å². The zero-order valence-corrected chi connectivity index (χ0v) is 8.50. The number of rotatable bonds is 3. The number of benzene rings is 1. The fraction of sp³-hybridized carbons (Fsp3) is 0.182. The van der Waals surface area contributed by atoms with E-state index >= 15 is 0 Å². The Kier molecular flexibility index (Phi) is 3.09. The van der Waals surface area contributed by atoms with Crippen LogP contribution in [-0.2, 0) is 4.79 Å². The number of halogens is 1. The van der Waals surface area contributed by atoms with E-state index in [9.17, 15) is 9.18 Å². The van der Waals surface area contributed by atoms with Gasteiger partial charge >= 0.3 is 5.97 Å². The third kappa shape index (κ3) is 2.15. The Balaban J connectivity index is 3.34. The van der Waals surface area contributed by atoms with Crippen LogP contribution in [0.15, 0.2) is 18.7 Å². The standard InChI is InChI=1S/C11H11FO3/c1-6-4-10(15-3)8(5-9(6)12)7(2)11(13)14/h4-5H,2H2,1,3H3,(H,13,14). The van der Waals surface area contributed by atoms with Gasteiger partial charge in [-0.3, -0.25) is 0 Å². The number of aliphatic carboxylic acids is 1. The molecule has 0 amide bonds. The highest BCUT2D eigenvalue weighted by Crippen LogP contribution is 2.28. The number of ether oxygens (including phenoxy) is 1. The van der Waals surface area contributed by atoms with Crippen molar-refractivity contribution in [2.24, 2.45) is 0 Å². The predicted octanol–water partition coefficient (Wildman–Crippen LogP) is 2.24. The van der Waals surface area contributed by atoms with E-state index in [1.54, 1.807) is 6.92 Å². The van der Waals surface area contributed by atoms with Crippen LogP contribution in [0.5, 0.6) is 5.75 Å². The van der Waals surface area contributed by atoms with Crippen LogP contribution >= 0.6 is 0 Å². The molecule has 0 atom stereocenters. The zero-order chi connectivity index (χ0) is 11.6. The number of methoxy groups -OCH3 is 1. The van der Waals surface area contributed by atoms with E-state index in [1.165, 1.54) is 13.2 Å². The van der Waals surface area contributed by atoms with Crippen molar-refractivity contribution in [1.29, 1.82) is 0 Å². The second kappa shape index (κ2) is 4.13. The van der Waals surface area contributed by atoms with Crippen LogP contribution in [-0.4, -0.2) is 18.2 Å². The molecule has 0 aliphatic rings. The monoisotopic (exact) mass is 210 g/mol. The minimum absolute atomic E-state index is 0.160. The van der Waals surface area contributed by atoms with Crippen molar-refractivity contribution in [3.05, 3.63) is 35.7 Å². The van der Waals surface area contributed by atoms with Gasteiger partial charge in [0.1, 0.15) is 11.6 Å². The molecule has 0 fully saturated rings. The molecule has 1 aromatic carbocycles. The van der Waals surface area contributed by atoms with Crippen LogP contribution in [0.3, 0.4) is 0 Å². The molecule has 15 heavy (non-hydrogen) atoms. The van der Waals surface area contributed by atoms with Crippen LogP contribution in [0.2, 0.25) is 0 Å². The van der Waals surface area contributed by atoms with Crippen molar-refractivity contribution in [3.8, 4) is 5.75 Å². The van der Waals surface area contributed by atoms with Gasteiger partial charge in [0.25, 0.3) is 0 Å². The SMILES string of the molecule is C=C(C(=O)O)c1cc(F)c(C)cc1OC. The van der Waals surface area contributed by atoms with Crippen molar-refractivity contribution in [2.75, 3.05) is 7.11 Å². The Hall–Kier alpha value is -1.84. The van der Waals surface area contributed by atoms with E-state index in [0.717, 1.165) is 6.07 Å². The van der Waals surface area contributed by atoms with Crippen LogP contribution in [0.1, 0.15) is 11.1 Å². The molecular formula is C11H11FO3. The van der Waals surface area contributed by atoms with Gasteiger partial charge in [-0.25, -0.2) is 9.18 Å². The fourth-order valence-electron chi connectivity index (χ4n) is 1.17. The molecule has 0 saturated carbocycles. The molecule has 0 unspecified atom stereocenters. The van der Waals surface area contributed by atoms with Crippen molar-refractivity contribution in [2.45, 2.75) is 6.92 Å². The van der Waals surface area contributed by atoms with Crippen molar-refractivity contribution < 1.29 is 19.0 Å². The van der Waals surface area contributed by atoms with Crippen molar-refractivity contribution in [1.82, 2.24) is 0 Å². The smallest absolute Gasteiger partial charge is 0.335 e. The summed E-state index contributed by atoms with van der Waals surface area (Å²) in [5.74, 6) is -1.37. The minimum atomic E-state index is -1.20. The Bertz CT molecular complexity index is 424. The van der Waals surface area contributed by atoms with Crippen LogP contribution in [0, 0.1) is 12.7 Å². The lowest BCUT2D eigenvalue weighted by molar-refractivity contribution is -0.130. The Morgan fingerprint density at radius 1 is 1.53 bits per heavy atom. The number of carbonyl (C=O) groups is 1. The quantitative estimate of drug-likeness (QED) is 0.778. The summed E-state index contributed by atoms with van der Waals surface area (Å²) in [6.07, 6.45) is 0. The molecule has 0 bridgehead atoms. The summed E-state index contributed by atoms with van der Waals surface area (Å²) in [5, 5.41) is 8.74. The average Bonchev–Trinajstić information content (AvgIpc) is 2.20. The first-order valence-corrected chi connectivity index (χ1v) is 4.24. The van der Waals surface area contributed by atoms with Gasteiger partial charge in [0.15, 0.2) is 0 Å². The van der Waals surface area contributed by atoms with E-state index < -0.39 is 11.8 Å². The van der Waals surface area contributed by atoms with Gasteiger partial charge in [0.05, 0.1) is 12.7 Å². The molecule has 0 aliphatic heterocycles. The maximum absolute atomic E-state index is 13.2. The molecule has 4 heteroatoms. The molecular weight excluding hydrogens is 199 g/mol. The summed E-state index contributed by atoms with van der Waals surface area (Å²) in [6.45, 7) is 4.93. The van der Waals surface area contributed by atoms with Gasteiger partial charge in [-0.15, -0.1) is 0 Å². The van der Waals surface area contributed by atoms with Crippen LogP contribution < -0.4 is 4.74 Å². The number of hydrogen-bond donors (Lipinski definition) is 1. The topological polar surface area (TPSA) is 46.5 Å². The normalized spacial score (nSPS) is 9.80. The fourth-order valence-corrected chi connectivity index (χ4v) is 1.17. The van der Waals surface area contributed by atoms with Gasteiger partial charge in [-0.1, -0.05) is 6.58 Å². The first kappa shape index (κ1) is 11.2. The largest absolute Gasteiger partial charge is 0.496 e. The summed E-state index contributed by atoms with van der Waals surface area (Å²) < 4.78 is 18.2.